The van der Waals surface area contributed by atoms with Crippen molar-refractivity contribution in [3.8, 4) is 23.7 Å². The average molecular weight is 370 g/mol. The lowest BCUT2D eigenvalue weighted by molar-refractivity contribution is -0.143. The summed E-state index contributed by atoms with van der Waals surface area (Å²) in [6.07, 6.45) is 5.32. The fourth-order valence-corrected chi connectivity index (χ4v) is 1.86. The lowest BCUT2D eigenvalue weighted by atomic mass is 10.2. The third-order valence-electron chi connectivity index (χ3n) is 3.19. The molecule has 4 nitrogen and oxygen atoms in total. The van der Waals surface area contributed by atoms with Crippen LogP contribution in [0.4, 0.5) is 4.39 Å². The molecule has 2 atom stereocenters. The van der Waals surface area contributed by atoms with Crippen LogP contribution in [0.25, 0.3) is 0 Å². The van der Waals surface area contributed by atoms with E-state index < -0.39 is 12.2 Å². The molecule has 0 aromatic heterocycles. The van der Waals surface area contributed by atoms with Crippen molar-refractivity contribution in [2.45, 2.75) is 38.4 Å². The molecule has 2 N–H and O–H groups in total. The Balaban J connectivity index is 2.31. The van der Waals surface area contributed by atoms with Gasteiger partial charge in [0.2, 0.25) is 0 Å². The molecule has 2 unspecified atom stereocenters. The SMILES string of the molecule is CCOC(=O)CCC(O)C#C/C=C/C=C/C(O)CC#Cc1ccc(F)cc1. The van der Waals surface area contributed by atoms with Gasteiger partial charge in [-0.05, 0) is 43.7 Å². The van der Waals surface area contributed by atoms with Crippen LogP contribution in [0.2, 0.25) is 0 Å². The monoisotopic (exact) mass is 370 g/mol. The van der Waals surface area contributed by atoms with E-state index in [4.69, 9.17) is 4.74 Å². The maximum atomic E-state index is 12.8. The Hall–Kier alpha value is -2.86. The summed E-state index contributed by atoms with van der Waals surface area (Å²) < 4.78 is 17.5. The molecule has 1 rings (SSSR count). The predicted octanol–water partition coefficient (Wildman–Crippen LogP) is 2.75. The number of allylic oxidation sites excluding steroid dienone is 3. The average Bonchev–Trinajstić information content (AvgIpc) is 2.64. The Morgan fingerprint density at radius 2 is 2.00 bits per heavy atom. The highest BCUT2D eigenvalue weighted by Gasteiger charge is 2.05. The van der Waals surface area contributed by atoms with Crippen molar-refractivity contribution in [2.75, 3.05) is 6.61 Å². The molecule has 1 aromatic carbocycles. The van der Waals surface area contributed by atoms with E-state index in [1.807, 2.05) is 0 Å². The molecule has 0 aliphatic rings. The van der Waals surface area contributed by atoms with Gasteiger partial charge >= 0.3 is 5.97 Å². The summed E-state index contributed by atoms with van der Waals surface area (Å²) in [6, 6.07) is 5.82. The van der Waals surface area contributed by atoms with Crippen LogP contribution < -0.4 is 0 Å². The Labute approximate surface area is 159 Å². The molecule has 142 valence electrons. The zero-order valence-corrected chi connectivity index (χ0v) is 15.2. The fourth-order valence-electron chi connectivity index (χ4n) is 1.86. The van der Waals surface area contributed by atoms with Crippen LogP contribution in [0.1, 0.15) is 31.7 Å². The minimum Gasteiger partial charge on any atom is -0.466 e. The molecule has 0 amide bonds. The second-order valence-electron chi connectivity index (χ2n) is 5.47. The molecule has 0 heterocycles. The largest absolute Gasteiger partial charge is 0.466 e. The minimum atomic E-state index is -0.893. The van der Waals surface area contributed by atoms with Gasteiger partial charge in [-0.25, -0.2) is 4.39 Å². The second kappa shape index (κ2) is 13.4. The summed E-state index contributed by atoms with van der Waals surface area (Å²) in [5.41, 5.74) is 0.685. The number of halogens is 1. The van der Waals surface area contributed by atoms with Crippen molar-refractivity contribution in [3.63, 3.8) is 0 Å². The van der Waals surface area contributed by atoms with E-state index in [0.717, 1.165) is 0 Å². The van der Waals surface area contributed by atoms with Crippen LogP contribution in [-0.4, -0.2) is 35.0 Å². The van der Waals surface area contributed by atoms with Gasteiger partial charge in [0.15, 0.2) is 0 Å². The van der Waals surface area contributed by atoms with Gasteiger partial charge in [0.05, 0.1) is 12.7 Å². The molecule has 0 spiro atoms. The zero-order valence-electron chi connectivity index (χ0n) is 15.2. The minimum absolute atomic E-state index is 0.123. The molecule has 0 bridgehead atoms. The quantitative estimate of drug-likeness (QED) is 0.440. The molecule has 0 fully saturated rings. The van der Waals surface area contributed by atoms with Gasteiger partial charge in [-0.1, -0.05) is 41.9 Å². The van der Waals surface area contributed by atoms with Gasteiger partial charge in [-0.3, -0.25) is 4.79 Å². The number of carbonyl (C=O) groups excluding carboxylic acids is 1. The maximum Gasteiger partial charge on any atom is 0.305 e. The number of esters is 1. The lowest BCUT2D eigenvalue weighted by Crippen LogP contribution is -2.09. The molecular weight excluding hydrogens is 347 g/mol. The van der Waals surface area contributed by atoms with Crippen molar-refractivity contribution in [1.29, 1.82) is 0 Å². The Bertz CT molecular complexity index is 757. The molecule has 0 aliphatic carbocycles. The third-order valence-corrected chi connectivity index (χ3v) is 3.19. The van der Waals surface area contributed by atoms with E-state index in [1.165, 1.54) is 18.2 Å². The number of hydrogen-bond acceptors (Lipinski definition) is 4. The first-order valence-electron chi connectivity index (χ1n) is 8.62. The van der Waals surface area contributed by atoms with Crippen LogP contribution in [0.5, 0.6) is 0 Å². The summed E-state index contributed by atoms with van der Waals surface area (Å²) in [5, 5.41) is 19.4. The molecule has 0 saturated carbocycles. The molecule has 5 heteroatoms. The van der Waals surface area contributed by atoms with Crippen molar-refractivity contribution < 1.29 is 24.1 Å². The van der Waals surface area contributed by atoms with Gasteiger partial charge in [0, 0.05) is 18.4 Å². The highest BCUT2D eigenvalue weighted by atomic mass is 19.1. The predicted molar refractivity (Wildman–Crippen MR) is 102 cm³/mol. The highest BCUT2D eigenvalue weighted by Crippen LogP contribution is 2.01. The first-order valence-corrected chi connectivity index (χ1v) is 8.62. The molecule has 27 heavy (non-hydrogen) atoms. The van der Waals surface area contributed by atoms with Gasteiger partial charge in [-0.2, -0.15) is 0 Å². The lowest BCUT2D eigenvalue weighted by Gasteiger charge is -2.02. The normalized spacial score (nSPS) is 12.7. The number of hydrogen-bond donors (Lipinski definition) is 2. The molecule has 0 aliphatic heterocycles. The van der Waals surface area contributed by atoms with Gasteiger partial charge in [-0.15, -0.1) is 0 Å². The smallest absolute Gasteiger partial charge is 0.305 e. The van der Waals surface area contributed by atoms with Gasteiger partial charge < -0.3 is 14.9 Å². The van der Waals surface area contributed by atoms with E-state index >= 15 is 0 Å². The third kappa shape index (κ3) is 11.4. The van der Waals surface area contributed by atoms with E-state index in [-0.39, 0.29) is 31.0 Å². The van der Waals surface area contributed by atoms with Crippen molar-refractivity contribution in [1.82, 2.24) is 0 Å². The van der Waals surface area contributed by atoms with Crippen molar-refractivity contribution in [3.05, 3.63) is 60.0 Å². The number of ether oxygens (including phenoxy) is 1. The van der Waals surface area contributed by atoms with Crippen LogP contribution in [0.15, 0.2) is 48.6 Å². The Morgan fingerprint density at radius 3 is 2.70 bits per heavy atom. The Kier molecular flexibility index (Phi) is 11.0. The van der Waals surface area contributed by atoms with Crippen LogP contribution in [0, 0.1) is 29.5 Å². The van der Waals surface area contributed by atoms with Crippen LogP contribution in [0.3, 0.4) is 0 Å². The summed E-state index contributed by atoms with van der Waals surface area (Å²) in [5.74, 6) is 10.2. The maximum absolute atomic E-state index is 12.8. The van der Waals surface area contributed by atoms with Gasteiger partial charge in [0.25, 0.3) is 0 Å². The number of benzene rings is 1. The fraction of sp³-hybridized carbons (Fsp3) is 0.318. The Morgan fingerprint density at radius 1 is 1.26 bits per heavy atom. The second-order valence-corrected chi connectivity index (χ2v) is 5.47. The zero-order chi connectivity index (χ0) is 19.9. The van der Waals surface area contributed by atoms with E-state index in [1.54, 1.807) is 37.3 Å². The van der Waals surface area contributed by atoms with E-state index in [9.17, 15) is 19.4 Å². The highest BCUT2D eigenvalue weighted by molar-refractivity contribution is 5.69. The number of aliphatic hydroxyl groups is 2. The summed E-state index contributed by atoms with van der Waals surface area (Å²) in [7, 11) is 0. The summed E-state index contributed by atoms with van der Waals surface area (Å²) >= 11 is 0. The summed E-state index contributed by atoms with van der Waals surface area (Å²) in [4.78, 5) is 11.1. The molecule has 0 saturated heterocycles. The molecule has 0 radical (unpaired) electrons. The topological polar surface area (TPSA) is 66.8 Å². The van der Waals surface area contributed by atoms with E-state index in [0.29, 0.717) is 12.2 Å². The standard InChI is InChI=1S/C22H23FO4/c1-2-27-22(26)17-16-21(25)10-6-4-3-5-9-20(24)11-7-8-18-12-14-19(23)15-13-18/h3-5,9,12-15,20-21,24-25H,2,11,16-17H2,1H3/b4-3+,9-5+. The molecule has 1 aromatic rings. The van der Waals surface area contributed by atoms with E-state index in [2.05, 4.69) is 23.7 Å². The van der Waals surface area contributed by atoms with Crippen LogP contribution in [-0.2, 0) is 9.53 Å². The number of rotatable bonds is 7. The number of carbonyl (C=O) groups is 1. The molecular formula is C22H23FO4. The number of aliphatic hydroxyl groups excluding tert-OH is 2. The van der Waals surface area contributed by atoms with Crippen molar-refractivity contribution >= 4 is 5.97 Å². The first-order chi connectivity index (χ1) is 13.0. The first kappa shape index (κ1) is 22.2. The van der Waals surface area contributed by atoms with Crippen LogP contribution >= 0.6 is 0 Å². The van der Waals surface area contributed by atoms with Gasteiger partial charge in [0.1, 0.15) is 11.9 Å². The van der Waals surface area contributed by atoms with Crippen molar-refractivity contribution in [2.24, 2.45) is 0 Å². The summed E-state index contributed by atoms with van der Waals surface area (Å²) in [6.45, 7) is 2.04.